The summed E-state index contributed by atoms with van der Waals surface area (Å²) in [6.45, 7) is 2.07. The lowest BCUT2D eigenvalue weighted by Gasteiger charge is -2.25. The van der Waals surface area contributed by atoms with E-state index in [2.05, 4.69) is 23.2 Å². The van der Waals surface area contributed by atoms with E-state index in [9.17, 15) is 5.26 Å². The van der Waals surface area contributed by atoms with Crippen LogP contribution in [-0.4, -0.2) is 31.5 Å². The third kappa shape index (κ3) is 3.01. The van der Waals surface area contributed by atoms with Crippen LogP contribution in [0.1, 0.15) is 36.1 Å². The van der Waals surface area contributed by atoms with Crippen LogP contribution in [0.25, 0.3) is 0 Å². The van der Waals surface area contributed by atoms with Gasteiger partial charge in [0.05, 0.1) is 27.2 Å². The summed E-state index contributed by atoms with van der Waals surface area (Å²) in [7, 11) is 4.64. The summed E-state index contributed by atoms with van der Waals surface area (Å²) < 4.78 is 21.9. The number of hydrogen-bond donors (Lipinski definition) is 2. The van der Waals surface area contributed by atoms with Crippen molar-refractivity contribution >= 4 is 0 Å². The van der Waals surface area contributed by atoms with E-state index in [0.717, 1.165) is 29.7 Å². The zero-order valence-electron chi connectivity index (χ0n) is 15.8. The van der Waals surface area contributed by atoms with Gasteiger partial charge in [0.1, 0.15) is 11.6 Å². The lowest BCUT2D eigenvalue weighted by Crippen LogP contribution is -2.21. The molecule has 1 atom stereocenters. The van der Waals surface area contributed by atoms with Crippen molar-refractivity contribution in [1.29, 1.82) is 5.26 Å². The number of methoxy groups -OCH3 is 3. The Balaban J connectivity index is 2.26. The number of rotatable bonds is 6. The molecule has 0 amide bonds. The van der Waals surface area contributed by atoms with Gasteiger partial charge in [-0.25, -0.2) is 0 Å². The number of aromatic amines is 1. The Labute approximate surface area is 157 Å². The van der Waals surface area contributed by atoms with E-state index in [4.69, 9.17) is 24.7 Å². The summed E-state index contributed by atoms with van der Waals surface area (Å²) >= 11 is 0. The molecule has 1 aliphatic rings. The minimum atomic E-state index is -0.451. The predicted octanol–water partition coefficient (Wildman–Crippen LogP) is 2.61. The summed E-state index contributed by atoms with van der Waals surface area (Å²) in [6, 6.07) is 5.81. The van der Waals surface area contributed by atoms with Gasteiger partial charge < -0.3 is 24.7 Å². The molecule has 27 heavy (non-hydrogen) atoms. The van der Waals surface area contributed by atoms with Gasteiger partial charge in [0.25, 0.3) is 0 Å². The first kappa shape index (κ1) is 18.5. The van der Waals surface area contributed by atoms with Crippen LogP contribution in [0.4, 0.5) is 0 Å². The Hall–Kier alpha value is -3.34. The highest BCUT2D eigenvalue weighted by Gasteiger charge is 2.36. The standard InChI is InChI=1S/C19H22N4O4/c1-5-6-12-16-15(11(9-20)18(21)27-19(16)23-22-12)10-7-13(24-2)17(26-4)14(8-10)25-3/h7-8,15H,5-6,21H2,1-4H3,(H,22,23)/t15-/m0/s1. The van der Waals surface area contributed by atoms with Gasteiger partial charge in [-0.3, -0.25) is 5.10 Å². The van der Waals surface area contributed by atoms with E-state index >= 15 is 0 Å². The van der Waals surface area contributed by atoms with Crippen molar-refractivity contribution in [2.75, 3.05) is 21.3 Å². The number of nitrogens with two attached hydrogens (primary N) is 1. The summed E-state index contributed by atoms with van der Waals surface area (Å²) in [4.78, 5) is 0. The fourth-order valence-corrected chi connectivity index (χ4v) is 3.35. The van der Waals surface area contributed by atoms with E-state index in [1.807, 2.05) is 12.1 Å². The van der Waals surface area contributed by atoms with E-state index in [-0.39, 0.29) is 5.88 Å². The zero-order chi connectivity index (χ0) is 19.6. The number of allylic oxidation sites excluding steroid dienone is 1. The molecule has 0 bridgehead atoms. The first-order valence-corrected chi connectivity index (χ1v) is 8.54. The van der Waals surface area contributed by atoms with Gasteiger partial charge in [0.15, 0.2) is 11.5 Å². The van der Waals surface area contributed by atoms with Crippen molar-refractivity contribution in [1.82, 2.24) is 10.2 Å². The molecule has 2 heterocycles. The fraction of sp³-hybridized carbons (Fsp3) is 0.368. The third-order valence-electron chi connectivity index (χ3n) is 4.54. The average molecular weight is 370 g/mol. The quantitative estimate of drug-likeness (QED) is 0.803. The van der Waals surface area contributed by atoms with E-state index in [1.54, 1.807) is 21.3 Å². The Morgan fingerprint density at radius 2 is 1.89 bits per heavy atom. The Morgan fingerprint density at radius 1 is 1.22 bits per heavy atom. The summed E-state index contributed by atoms with van der Waals surface area (Å²) in [6.07, 6.45) is 1.68. The molecule has 142 valence electrons. The maximum absolute atomic E-state index is 9.75. The molecular weight excluding hydrogens is 348 g/mol. The van der Waals surface area contributed by atoms with Gasteiger partial charge >= 0.3 is 0 Å². The predicted molar refractivity (Wildman–Crippen MR) is 98.0 cm³/mol. The molecule has 0 radical (unpaired) electrons. The topological polar surface area (TPSA) is 115 Å². The van der Waals surface area contributed by atoms with Crippen molar-refractivity contribution < 1.29 is 18.9 Å². The van der Waals surface area contributed by atoms with E-state index < -0.39 is 5.92 Å². The van der Waals surface area contributed by atoms with Crippen molar-refractivity contribution in [3.63, 3.8) is 0 Å². The number of aryl methyl sites for hydroxylation is 1. The lowest BCUT2D eigenvalue weighted by atomic mass is 9.83. The largest absolute Gasteiger partial charge is 0.493 e. The second-order valence-corrected chi connectivity index (χ2v) is 6.05. The number of hydrogen-bond acceptors (Lipinski definition) is 7. The molecule has 0 fully saturated rings. The van der Waals surface area contributed by atoms with Crippen molar-refractivity contribution in [2.24, 2.45) is 5.73 Å². The summed E-state index contributed by atoms with van der Waals surface area (Å²) in [5.74, 6) is 1.44. The van der Waals surface area contributed by atoms with Crippen LogP contribution in [0.15, 0.2) is 23.6 Å². The molecule has 8 heteroatoms. The second-order valence-electron chi connectivity index (χ2n) is 6.05. The first-order valence-electron chi connectivity index (χ1n) is 8.54. The number of fused-ring (bicyclic) bond motifs is 1. The minimum absolute atomic E-state index is 0.0401. The lowest BCUT2D eigenvalue weighted by molar-refractivity contribution is 0.323. The normalized spacial score (nSPS) is 15.6. The Kier molecular flexibility index (Phi) is 5.12. The highest BCUT2D eigenvalue weighted by Crippen LogP contribution is 2.47. The van der Waals surface area contributed by atoms with Crippen molar-refractivity contribution in [2.45, 2.75) is 25.7 Å². The van der Waals surface area contributed by atoms with Gasteiger partial charge in [0, 0.05) is 11.3 Å². The smallest absolute Gasteiger partial charge is 0.244 e. The molecule has 0 aliphatic carbocycles. The van der Waals surface area contributed by atoms with Gasteiger partial charge in [-0.15, -0.1) is 5.10 Å². The monoisotopic (exact) mass is 370 g/mol. The second kappa shape index (κ2) is 7.50. The molecule has 0 saturated carbocycles. The number of aromatic nitrogens is 2. The molecule has 1 aliphatic heterocycles. The number of H-pyrrole nitrogens is 1. The number of nitrogens with zero attached hydrogens (tertiary/aromatic N) is 2. The van der Waals surface area contributed by atoms with Gasteiger partial charge in [-0.2, -0.15) is 5.26 Å². The third-order valence-corrected chi connectivity index (χ3v) is 4.54. The molecular formula is C19H22N4O4. The number of nitrogens with one attached hydrogen (secondary N) is 1. The van der Waals surface area contributed by atoms with Crippen LogP contribution >= 0.6 is 0 Å². The molecule has 1 aromatic heterocycles. The molecule has 2 aromatic rings. The highest BCUT2D eigenvalue weighted by molar-refractivity contribution is 5.61. The molecule has 8 nitrogen and oxygen atoms in total. The van der Waals surface area contributed by atoms with Gasteiger partial charge in [-0.1, -0.05) is 13.3 Å². The number of nitriles is 1. The van der Waals surface area contributed by atoms with Gasteiger partial charge in [-0.05, 0) is 24.1 Å². The minimum Gasteiger partial charge on any atom is -0.493 e. The van der Waals surface area contributed by atoms with Gasteiger partial charge in [0.2, 0.25) is 17.5 Å². The highest BCUT2D eigenvalue weighted by atomic mass is 16.5. The maximum Gasteiger partial charge on any atom is 0.244 e. The van der Waals surface area contributed by atoms with Crippen LogP contribution in [0.2, 0.25) is 0 Å². The fourth-order valence-electron chi connectivity index (χ4n) is 3.35. The number of benzene rings is 1. The maximum atomic E-state index is 9.75. The van der Waals surface area contributed by atoms with Crippen LogP contribution in [0.3, 0.4) is 0 Å². The Bertz CT molecular complexity index is 901. The first-order chi connectivity index (χ1) is 13.1. The van der Waals surface area contributed by atoms with Crippen molar-refractivity contribution in [3.8, 4) is 29.2 Å². The molecule has 1 aromatic carbocycles. The molecule has 3 rings (SSSR count). The zero-order valence-corrected chi connectivity index (χ0v) is 15.8. The molecule has 0 spiro atoms. The molecule has 0 saturated heterocycles. The average Bonchev–Trinajstić information content (AvgIpc) is 3.07. The summed E-state index contributed by atoms with van der Waals surface area (Å²) in [5.41, 5.74) is 8.80. The molecule has 0 unspecified atom stereocenters. The summed E-state index contributed by atoms with van der Waals surface area (Å²) in [5, 5.41) is 17.0. The van der Waals surface area contributed by atoms with Crippen LogP contribution < -0.4 is 24.7 Å². The van der Waals surface area contributed by atoms with E-state index in [0.29, 0.717) is 28.7 Å². The SMILES string of the molecule is CCCc1[nH]nc2c1[C@@H](c1cc(OC)c(OC)c(OC)c1)C(C#N)=C(N)O2. The van der Waals surface area contributed by atoms with Crippen LogP contribution in [0, 0.1) is 11.3 Å². The van der Waals surface area contributed by atoms with E-state index in [1.165, 1.54) is 0 Å². The van der Waals surface area contributed by atoms with Crippen LogP contribution in [0.5, 0.6) is 23.1 Å². The van der Waals surface area contributed by atoms with Crippen molar-refractivity contribution in [3.05, 3.63) is 40.4 Å². The Morgan fingerprint density at radius 3 is 2.41 bits per heavy atom. The van der Waals surface area contributed by atoms with Crippen LogP contribution in [-0.2, 0) is 6.42 Å². The molecule has 3 N–H and O–H groups in total. The number of ether oxygens (including phenoxy) is 4.